The van der Waals surface area contributed by atoms with Crippen molar-refractivity contribution in [1.82, 2.24) is 10.3 Å². The van der Waals surface area contributed by atoms with Gasteiger partial charge in [-0.2, -0.15) is 0 Å². The molecule has 14 heavy (non-hydrogen) atoms. The Hall–Kier alpha value is -1.41. The lowest BCUT2D eigenvalue weighted by Crippen LogP contribution is -2.34. The molecule has 2 heterocycles. The lowest BCUT2D eigenvalue weighted by atomic mass is 9.94. The highest BCUT2D eigenvalue weighted by molar-refractivity contribution is 5.85. The molecule has 1 aliphatic rings. The Labute approximate surface area is 83.0 Å². The van der Waals surface area contributed by atoms with Crippen LogP contribution in [0.4, 0.5) is 0 Å². The first kappa shape index (κ1) is 7.94. The van der Waals surface area contributed by atoms with Gasteiger partial charge in [0.05, 0.1) is 0 Å². The Kier molecular flexibility index (Phi) is 1.74. The maximum Gasteiger partial charge on any atom is 0.0346 e. The van der Waals surface area contributed by atoms with Crippen LogP contribution in [0.2, 0.25) is 0 Å². The van der Waals surface area contributed by atoms with E-state index in [1.807, 2.05) is 12.4 Å². The van der Waals surface area contributed by atoms with E-state index in [0.29, 0.717) is 6.04 Å². The predicted molar refractivity (Wildman–Crippen MR) is 57.1 cm³/mol. The maximum atomic E-state index is 4.14. The summed E-state index contributed by atoms with van der Waals surface area (Å²) in [6.07, 6.45) is 5.05. The van der Waals surface area contributed by atoms with E-state index < -0.39 is 0 Å². The van der Waals surface area contributed by atoms with Crippen molar-refractivity contribution < 1.29 is 0 Å². The molecular formula is C12H12N2. The van der Waals surface area contributed by atoms with Crippen molar-refractivity contribution in [2.75, 3.05) is 6.54 Å². The van der Waals surface area contributed by atoms with E-state index in [-0.39, 0.29) is 0 Å². The van der Waals surface area contributed by atoms with E-state index in [2.05, 4.69) is 34.6 Å². The normalized spacial score (nSPS) is 20.7. The van der Waals surface area contributed by atoms with Gasteiger partial charge in [0.15, 0.2) is 0 Å². The van der Waals surface area contributed by atoms with Gasteiger partial charge in [-0.25, -0.2) is 0 Å². The molecule has 3 rings (SSSR count). The van der Waals surface area contributed by atoms with Crippen LogP contribution in [0.3, 0.4) is 0 Å². The molecule has 0 spiro atoms. The van der Waals surface area contributed by atoms with Gasteiger partial charge in [-0.15, -0.1) is 0 Å². The molecular weight excluding hydrogens is 172 g/mol. The van der Waals surface area contributed by atoms with Crippen LogP contribution in [0.5, 0.6) is 0 Å². The first-order chi connectivity index (χ1) is 6.95. The van der Waals surface area contributed by atoms with Gasteiger partial charge in [-0.1, -0.05) is 18.2 Å². The highest BCUT2D eigenvalue weighted by atomic mass is 15.0. The lowest BCUT2D eigenvalue weighted by Gasteiger charge is -2.29. The van der Waals surface area contributed by atoms with Gasteiger partial charge < -0.3 is 5.32 Å². The minimum atomic E-state index is 0.557. The molecule has 2 aromatic rings. The molecule has 0 aliphatic carbocycles. The van der Waals surface area contributed by atoms with Gasteiger partial charge in [0.2, 0.25) is 0 Å². The third kappa shape index (κ3) is 1.11. The van der Waals surface area contributed by atoms with Crippen molar-refractivity contribution in [2.45, 2.75) is 12.5 Å². The number of nitrogens with one attached hydrogen (secondary N) is 1. The Morgan fingerprint density at radius 1 is 1.29 bits per heavy atom. The molecule has 1 fully saturated rings. The Morgan fingerprint density at radius 3 is 3.00 bits per heavy atom. The van der Waals surface area contributed by atoms with E-state index in [9.17, 15) is 0 Å². The van der Waals surface area contributed by atoms with Gasteiger partial charge >= 0.3 is 0 Å². The standard InChI is InChI=1S/C12H12N2/c1-2-9-8-13-6-4-10(9)11(3-1)12-5-7-14-12/h1-4,6,8,12,14H,5,7H2/t12-/m1/s1. The molecule has 1 saturated heterocycles. The summed E-state index contributed by atoms with van der Waals surface area (Å²) in [6, 6.07) is 9.09. The van der Waals surface area contributed by atoms with Crippen LogP contribution in [-0.4, -0.2) is 11.5 Å². The van der Waals surface area contributed by atoms with Crippen molar-refractivity contribution in [1.29, 1.82) is 0 Å². The summed E-state index contributed by atoms with van der Waals surface area (Å²) < 4.78 is 0. The second-order valence-electron chi connectivity index (χ2n) is 3.74. The van der Waals surface area contributed by atoms with Crippen molar-refractivity contribution >= 4 is 10.8 Å². The molecule has 2 nitrogen and oxygen atoms in total. The van der Waals surface area contributed by atoms with Crippen molar-refractivity contribution in [3.63, 3.8) is 0 Å². The smallest absolute Gasteiger partial charge is 0.0346 e. The van der Waals surface area contributed by atoms with Gasteiger partial charge in [0.25, 0.3) is 0 Å². The Morgan fingerprint density at radius 2 is 2.21 bits per heavy atom. The van der Waals surface area contributed by atoms with Crippen LogP contribution in [0.1, 0.15) is 18.0 Å². The fourth-order valence-corrected chi connectivity index (χ4v) is 2.01. The molecule has 0 radical (unpaired) electrons. The number of rotatable bonds is 1. The molecule has 1 aromatic carbocycles. The third-order valence-electron chi connectivity index (χ3n) is 2.91. The summed E-state index contributed by atoms with van der Waals surface area (Å²) in [5.74, 6) is 0. The Balaban J connectivity index is 2.22. The largest absolute Gasteiger partial charge is 0.310 e. The second kappa shape index (κ2) is 3.07. The van der Waals surface area contributed by atoms with Crippen LogP contribution in [0, 0.1) is 0 Å². The lowest BCUT2D eigenvalue weighted by molar-refractivity contribution is 0.385. The number of benzene rings is 1. The molecule has 1 aliphatic heterocycles. The topological polar surface area (TPSA) is 24.9 Å². The summed E-state index contributed by atoms with van der Waals surface area (Å²) in [7, 11) is 0. The highest BCUT2D eigenvalue weighted by Gasteiger charge is 2.19. The van der Waals surface area contributed by atoms with E-state index in [0.717, 1.165) is 6.54 Å². The average Bonchev–Trinajstić information content (AvgIpc) is 2.16. The molecule has 1 N–H and O–H groups in total. The van der Waals surface area contributed by atoms with E-state index in [4.69, 9.17) is 0 Å². The van der Waals surface area contributed by atoms with Crippen LogP contribution in [0.15, 0.2) is 36.7 Å². The number of fused-ring (bicyclic) bond motifs is 1. The third-order valence-corrected chi connectivity index (χ3v) is 2.91. The van der Waals surface area contributed by atoms with Crippen molar-refractivity contribution in [3.05, 3.63) is 42.2 Å². The van der Waals surface area contributed by atoms with E-state index in [1.165, 1.54) is 22.8 Å². The first-order valence-electron chi connectivity index (χ1n) is 5.01. The predicted octanol–water partition coefficient (Wildman–Crippen LogP) is 2.27. The van der Waals surface area contributed by atoms with Gasteiger partial charge in [0.1, 0.15) is 0 Å². The fourth-order valence-electron chi connectivity index (χ4n) is 2.01. The van der Waals surface area contributed by atoms with Crippen molar-refractivity contribution in [3.8, 4) is 0 Å². The zero-order valence-electron chi connectivity index (χ0n) is 7.90. The van der Waals surface area contributed by atoms with E-state index >= 15 is 0 Å². The molecule has 2 heteroatoms. The van der Waals surface area contributed by atoms with Crippen molar-refractivity contribution in [2.24, 2.45) is 0 Å². The Bertz CT molecular complexity index is 455. The highest BCUT2D eigenvalue weighted by Crippen LogP contribution is 2.28. The SMILES string of the molecule is c1cc([C@H]2CCN2)c2ccncc2c1. The molecule has 0 unspecified atom stereocenters. The zero-order valence-corrected chi connectivity index (χ0v) is 7.90. The second-order valence-corrected chi connectivity index (χ2v) is 3.74. The van der Waals surface area contributed by atoms with Gasteiger partial charge in [-0.3, -0.25) is 4.98 Å². The van der Waals surface area contributed by atoms with Crippen LogP contribution in [0.25, 0.3) is 10.8 Å². The number of hydrogen-bond donors (Lipinski definition) is 1. The monoisotopic (exact) mass is 184 g/mol. The minimum Gasteiger partial charge on any atom is -0.310 e. The van der Waals surface area contributed by atoms with Crippen LogP contribution >= 0.6 is 0 Å². The van der Waals surface area contributed by atoms with E-state index in [1.54, 1.807) is 0 Å². The molecule has 70 valence electrons. The first-order valence-corrected chi connectivity index (χ1v) is 5.01. The summed E-state index contributed by atoms with van der Waals surface area (Å²) in [5, 5.41) is 6.00. The summed E-state index contributed by atoms with van der Waals surface area (Å²) >= 11 is 0. The summed E-state index contributed by atoms with van der Waals surface area (Å²) in [6.45, 7) is 1.14. The summed E-state index contributed by atoms with van der Waals surface area (Å²) in [4.78, 5) is 4.14. The zero-order chi connectivity index (χ0) is 9.38. The molecule has 0 amide bonds. The molecule has 0 saturated carbocycles. The van der Waals surface area contributed by atoms with Crippen LogP contribution < -0.4 is 5.32 Å². The molecule has 1 aromatic heterocycles. The number of pyridine rings is 1. The average molecular weight is 184 g/mol. The summed E-state index contributed by atoms with van der Waals surface area (Å²) in [5.41, 5.74) is 1.41. The maximum absolute atomic E-state index is 4.14. The minimum absolute atomic E-state index is 0.557. The molecule has 1 atom stereocenters. The van der Waals surface area contributed by atoms with Gasteiger partial charge in [0, 0.05) is 23.8 Å². The molecule has 0 bridgehead atoms. The van der Waals surface area contributed by atoms with Crippen LogP contribution in [-0.2, 0) is 0 Å². The number of nitrogens with zero attached hydrogens (tertiary/aromatic N) is 1. The quantitative estimate of drug-likeness (QED) is 0.735. The fraction of sp³-hybridized carbons (Fsp3) is 0.250. The number of aromatic nitrogens is 1. The van der Waals surface area contributed by atoms with Gasteiger partial charge in [-0.05, 0) is 30.0 Å². The number of hydrogen-bond acceptors (Lipinski definition) is 2.